The maximum atomic E-state index is 6.45. The summed E-state index contributed by atoms with van der Waals surface area (Å²) in [4.78, 5) is 16.1. The first kappa shape index (κ1) is 41.7. The Labute approximate surface area is 359 Å². The zero-order valence-electron chi connectivity index (χ0n) is 29.5. The van der Waals surface area contributed by atoms with Crippen molar-refractivity contribution in [1.29, 1.82) is 0 Å². The molecule has 0 N–H and O–H groups in total. The average Bonchev–Trinajstić information content (AvgIpc) is 3.91. The molecule has 0 bridgehead atoms. The highest BCUT2D eigenvalue weighted by Crippen LogP contribution is 2.32. The van der Waals surface area contributed by atoms with Gasteiger partial charge in [0.25, 0.3) is 0 Å². The van der Waals surface area contributed by atoms with Crippen LogP contribution in [0.1, 0.15) is 28.4 Å². The van der Waals surface area contributed by atoms with E-state index in [1.54, 1.807) is 79.3 Å². The van der Waals surface area contributed by atoms with Crippen molar-refractivity contribution in [2.45, 2.75) is 42.2 Å². The molecule has 7 aromatic rings. The SMILES string of the molecule is Clc1ccc(C(Cn2ccnc2)OCc2ccc(Sc3ccccc3)cc2)c(Cl)c1.Clc1ccc(CO/N=C(/Cn2ccnc2)c2ccc(Cl)cc2Cl)c(Cl)c1. The van der Waals surface area contributed by atoms with Gasteiger partial charge in [-0.1, -0.05) is 129 Å². The lowest BCUT2D eigenvalue weighted by molar-refractivity contribution is 0.0280. The van der Waals surface area contributed by atoms with Crippen LogP contribution in [0.2, 0.25) is 30.1 Å². The molecule has 1 atom stereocenters. The first-order chi connectivity index (χ1) is 27.2. The fourth-order valence-electron chi connectivity index (χ4n) is 5.32. The van der Waals surface area contributed by atoms with Gasteiger partial charge in [0.15, 0.2) is 0 Å². The highest BCUT2D eigenvalue weighted by Gasteiger charge is 2.17. The molecule has 2 heterocycles. The molecule has 0 aliphatic carbocycles. The van der Waals surface area contributed by atoms with Gasteiger partial charge in [0.2, 0.25) is 0 Å². The third-order valence-electron chi connectivity index (χ3n) is 8.14. The van der Waals surface area contributed by atoms with Gasteiger partial charge >= 0.3 is 0 Å². The lowest BCUT2D eigenvalue weighted by Crippen LogP contribution is -2.12. The molecule has 2 aromatic heterocycles. The van der Waals surface area contributed by atoms with E-state index in [-0.39, 0.29) is 12.7 Å². The molecule has 56 heavy (non-hydrogen) atoms. The van der Waals surface area contributed by atoms with Gasteiger partial charge < -0.3 is 18.7 Å². The quantitative estimate of drug-likeness (QED) is 0.0804. The molecule has 0 fully saturated rings. The second kappa shape index (κ2) is 21.0. The summed E-state index contributed by atoms with van der Waals surface area (Å²) in [6.07, 6.45) is 10.4. The van der Waals surface area contributed by atoms with Crippen molar-refractivity contribution in [3.63, 3.8) is 0 Å². The summed E-state index contributed by atoms with van der Waals surface area (Å²) in [5.41, 5.74) is 4.16. The van der Waals surface area contributed by atoms with E-state index in [0.717, 1.165) is 22.3 Å². The van der Waals surface area contributed by atoms with Crippen molar-refractivity contribution >= 4 is 87.1 Å². The fourth-order valence-corrected chi connectivity index (χ4v) is 7.67. The molecule has 7 rings (SSSR count). The van der Waals surface area contributed by atoms with Crippen LogP contribution in [-0.4, -0.2) is 24.8 Å². The van der Waals surface area contributed by atoms with Crippen LogP contribution in [0, 0.1) is 0 Å². The topological polar surface area (TPSA) is 66.5 Å². The molecule has 7 nitrogen and oxygen atoms in total. The summed E-state index contributed by atoms with van der Waals surface area (Å²) >= 11 is 38.6. The molecule has 0 spiro atoms. The van der Waals surface area contributed by atoms with Gasteiger partial charge in [-0.05, 0) is 72.3 Å². The van der Waals surface area contributed by atoms with E-state index < -0.39 is 0 Å². The van der Waals surface area contributed by atoms with Crippen molar-refractivity contribution in [2.75, 3.05) is 0 Å². The number of imidazole rings is 2. The van der Waals surface area contributed by atoms with Crippen molar-refractivity contribution in [3.8, 4) is 0 Å². The largest absolute Gasteiger partial charge is 0.391 e. The van der Waals surface area contributed by atoms with E-state index in [1.807, 2.05) is 51.9 Å². The molecular weight excluding hydrogens is 851 g/mol. The van der Waals surface area contributed by atoms with Crippen LogP contribution in [0.4, 0.5) is 0 Å². The number of benzene rings is 5. The zero-order valence-corrected chi connectivity index (χ0v) is 34.8. The summed E-state index contributed by atoms with van der Waals surface area (Å²) in [6, 6.07) is 34.7. The molecule has 5 aromatic carbocycles. The van der Waals surface area contributed by atoms with Gasteiger partial charge in [0.05, 0.1) is 37.4 Å². The van der Waals surface area contributed by atoms with Crippen LogP contribution in [0.3, 0.4) is 0 Å². The van der Waals surface area contributed by atoms with E-state index in [9.17, 15) is 0 Å². The summed E-state index contributed by atoms with van der Waals surface area (Å²) in [5, 5.41) is 7.60. The number of ether oxygens (including phenoxy) is 1. The lowest BCUT2D eigenvalue weighted by Gasteiger charge is -2.20. The smallest absolute Gasteiger partial charge is 0.143 e. The number of halogens is 6. The van der Waals surface area contributed by atoms with Gasteiger partial charge in [-0.15, -0.1) is 0 Å². The minimum absolute atomic E-state index is 0.203. The molecule has 0 saturated heterocycles. The number of rotatable bonds is 14. The van der Waals surface area contributed by atoms with Gasteiger partial charge in [-0.25, -0.2) is 9.97 Å². The van der Waals surface area contributed by atoms with E-state index in [4.69, 9.17) is 79.2 Å². The monoisotopic (exact) mass is 881 g/mol. The highest BCUT2D eigenvalue weighted by molar-refractivity contribution is 7.99. The second-order valence-corrected chi connectivity index (χ2v) is 15.9. The van der Waals surface area contributed by atoms with E-state index in [0.29, 0.717) is 55.5 Å². The van der Waals surface area contributed by atoms with E-state index in [1.165, 1.54) is 9.79 Å². The normalized spacial score (nSPS) is 11.9. The summed E-state index contributed by atoms with van der Waals surface area (Å²) < 4.78 is 10.1. The molecule has 286 valence electrons. The van der Waals surface area contributed by atoms with Gasteiger partial charge in [0, 0.05) is 76.4 Å². The minimum Gasteiger partial charge on any atom is -0.391 e. The molecule has 0 amide bonds. The Bertz CT molecular complexity index is 2330. The Kier molecular flexibility index (Phi) is 15.6. The van der Waals surface area contributed by atoms with E-state index in [2.05, 4.69) is 51.5 Å². The third kappa shape index (κ3) is 12.5. The number of hydrogen-bond acceptors (Lipinski definition) is 6. The van der Waals surface area contributed by atoms with Gasteiger partial charge in [0.1, 0.15) is 18.4 Å². The molecule has 0 aliphatic heterocycles. The second-order valence-electron chi connectivity index (χ2n) is 12.2. The first-order valence-corrected chi connectivity index (χ1v) is 20.2. The third-order valence-corrected chi connectivity index (χ3v) is 10.9. The van der Waals surface area contributed by atoms with Gasteiger partial charge in [-0.2, -0.15) is 0 Å². The molecule has 14 heteroatoms. The molecular formula is C42H33Cl6N5O2S. The van der Waals surface area contributed by atoms with Crippen molar-refractivity contribution in [2.24, 2.45) is 5.16 Å². The van der Waals surface area contributed by atoms with Gasteiger partial charge in [-0.3, -0.25) is 0 Å². The molecule has 0 radical (unpaired) electrons. The van der Waals surface area contributed by atoms with Crippen molar-refractivity contribution in [1.82, 2.24) is 19.1 Å². The predicted octanol–water partition coefficient (Wildman–Crippen LogP) is 13.4. The predicted molar refractivity (Wildman–Crippen MR) is 230 cm³/mol. The maximum absolute atomic E-state index is 6.45. The van der Waals surface area contributed by atoms with Crippen molar-refractivity contribution in [3.05, 3.63) is 199 Å². The Morgan fingerprint density at radius 2 is 1.27 bits per heavy atom. The van der Waals surface area contributed by atoms with Crippen LogP contribution in [0.15, 0.2) is 162 Å². The van der Waals surface area contributed by atoms with Crippen LogP contribution in [0.5, 0.6) is 0 Å². The average molecular weight is 885 g/mol. The maximum Gasteiger partial charge on any atom is 0.143 e. The summed E-state index contributed by atoms with van der Waals surface area (Å²) in [7, 11) is 0. The number of aromatic nitrogens is 4. The van der Waals surface area contributed by atoms with Crippen LogP contribution in [-0.2, 0) is 35.9 Å². The summed E-state index contributed by atoms with van der Waals surface area (Å²) in [5.74, 6) is 0. The number of hydrogen-bond donors (Lipinski definition) is 0. The Morgan fingerprint density at radius 1 is 0.643 bits per heavy atom. The molecule has 0 aliphatic rings. The van der Waals surface area contributed by atoms with Crippen LogP contribution in [0.25, 0.3) is 0 Å². The Balaban J connectivity index is 0.000000192. The fraction of sp³-hybridized carbons (Fsp3) is 0.119. The zero-order chi connectivity index (χ0) is 39.3. The van der Waals surface area contributed by atoms with Crippen molar-refractivity contribution < 1.29 is 9.57 Å². The molecule has 0 saturated carbocycles. The Hall–Kier alpha value is -3.96. The summed E-state index contributed by atoms with van der Waals surface area (Å²) in [6.45, 7) is 1.74. The lowest BCUT2D eigenvalue weighted by atomic mass is 10.1. The minimum atomic E-state index is -0.220. The molecule has 1 unspecified atom stereocenters. The number of nitrogens with zero attached hydrogens (tertiary/aromatic N) is 5. The van der Waals surface area contributed by atoms with E-state index >= 15 is 0 Å². The first-order valence-electron chi connectivity index (χ1n) is 17.1. The van der Waals surface area contributed by atoms with Crippen LogP contribution < -0.4 is 0 Å². The van der Waals surface area contributed by atoms with Crippen LogP contribution >= 0.6 is 81.4 Å². The standard InChI is InChI=1S/C24H20Cl2N2OS.C18H13Cl4N3O/c25-19-8-11-22(23(26)14-19)24(15-28-13-12-27-17-28)29-16-18-6-9-21(10-7-18)30-20-4-2-1-3-5-20;19-13-2-1-12(16(21)7-13)10-26-24-18(9-25-6-5-23-11-25)15-4-3-14(20)8-17(15)22/h1-14,17,24H,15-16H2;1-8,11H,9-10H2/b;24-18-. The number of oxime groups is 1. The Morgan fingerprint density at radius 3 is 1.91 bits per heavy atom. The highest BCUT2D eigenvalue weighted by atomic mass is 35.5.